The largest absolute Gasteiger partial charge is 0.481 e. The highest BCUT2D eigenvalue weighted by Crippen LogP contribution is 2.17. The van der Waals surface area contributed by atoms with Gasteiger partial charge in [0.1, 0.15) is 0 Å². The van der Waals surface area contributed by atoms with Crippen molar-refractivity contribution in [2.75, 3.05) is 26.7 Å². The lowest BCUT2D eigenvalue weighted by Crippen LogP contribution is -2.56. The van der Waals surface area contributed by atoms with Crippen molar-refractivity contribution in [3.05, 3.63) is 12.2 Å². The van der Waals surface area contributed by atoms with Gasteiger partial charge < -0.3 is 14.9 Å². The van der Waals surface area contributed by atoms with Crippen LogP contribution in [0.3, 0.4) is 0 Å². The van der Waals surface area contributed by atoms with E-state index in [-0.39, 0.29) is 6.03 Å². The lowest BCUT2D eigenvalue weighted by atomic mass is 10.0. The van der Waals surface area contributed by atoms with Crippen LogP contribution in [0.2, 0.25) is 0 Å². The first-order valence-corrected chi connectivity index (χ1v) is 4.79. The van der Waals surface area contributed by atoms with E-state index in [1.54, 1.807) is 11.9 Å². The number of carboxylic acid groups (broad SMARTS) is 1. The van der Waals surface area contributed by atoms with E-state index in [9.17, 15) is 9.59 Å². The number of carboxylic acids is 1. The second-order valence-corrected chi connectivity index (χ2v) is 4.04. The number of rotatable bonds is 3. The minimum absolute atomic E-state index is 0.129. The Labute approximate surface area is 89.0 Å². The van der Waals surface area contributed by atoms with Gasteiger partial charge in [-0.25, -0.2) is 4.79 Å². The summed E-state index contributed by atoms with van der Waals surface area (Å²) in [5.41, 5.74) is 0.904. The predicted molar refractivity (Wildman–Crippen MR) is 55.5 cm³/mol. The molecule has 15 heavy (non-hydrogen) atoms. The number of hydrogen-bond acceptors (Lipinski definition) is 2. The normalized spacial score (nSPS) is 15.7. The third-order valence-electron chi connectivity index (χ3n) is 2.33. The number of nitrogens with zero attached hydrogens (tertiary/aromatic N) is 2. The van der Waals surface area contributed by atoms with Gasteiger partial charge in [-0.1, -0.05) is 12.2 Å². The van der Waals surface area contributed by atoms with Gasteiger partial charge in [-0.2, -0.15) is 0 Å². The van der Waals surface area contributed by atoms with E-state index in [0.29, 0.717) is 19.6 Å². The second kappa shape index (κ2) is 4.33. The zero-order chi connectivity index (χ0) is 11.6. The first kappa shape index (κ1) is 11.6. The first-order chi connectivity index (χ1) is 6.91. The number of aliphatic carboxylic acids is 1. The van der Waals surface area contributed by atoms with E-state index in [0.717, 1.165) is 5.57 Å². The fourth-order valence-corrected chi connectivity index (χ4v) is 1.50. The number of amides is 2. The molecule has 0 radical (unpaired) electrons. The summed E-state index contributed by atoms with van der Waals surface area (Å²) in [6.07, 6.45) is 0. The SMILES string of the molecule is C=C(C)CN(C)C(=O)N1CC(C(=O)O)C1. The van der Waals surface area contributed by atoms with Crippen LogP contribution < -0.4 is 0 Å². The van der Waals surface area contributed by atoms with Crippen molar-refractivity contribution in [3.63, 3.8) is 0 Å². The molecule has 5 nitrogen and oxygen atoms in total. The fourth-order valence-electron chi connectivity index (χ4n) is 1.50. The quantitative estimate of drug-likeness (QED) is 0.698. The number of likely N-dealkylation sites (tertiary alicyclic amines) is 1. The molecular formula is C10H16N2O3. The molecule has 0 spiro atoms. The van der Waals surface area contributed by atoms with Crippen LogP contribution in [-0.2, 0) is 4.79 Å². The topological polar surface area (TPSA) is 60.9 Å². The van der Waals surface area contributed by atoms with Crippen LogP contribution in [0.25, 0.3) is 0 Å². The Hall–Kier alpha value is -1.52. The molecule has 1 saturated heterocycles. The molecule has 1 aliphatic rings. The van der Waals surface area contributed by atoms with E-state index < -0.39 is 11.9 Å². The van der Waals surface area contributed by atoms with Crippen LogP contribution in [0.4, 0.5) is 4.79 Å². The van der Waals surface area contributed by atoms with E-state index in [1.165, 1.54) is 4.90 Å². The van der Waals surface area contributed by atoms with E-state index >= 15 is 0 Å². The highest BCUT2D eigenvalue weighted by Gasteiger charge is 2.36. The maximum atomic E-state index is 11.6. The predicted octanol–water partition coefficient (Wildman–Crippen LogP) is 0.631. The van der Waals surface area contributed by atoms with Crippen molar-refractivity contribution >= 4 is 12.0 Å². The molecule has 0 unspecified atom stereocenters. The van der Waals surface area contributed by atoms with Crippen LogP contribution in [0.1, 0.15) is 6.92 Å². The van der Waals surface area contributed by atoms with Gasteiger partial charge in [0.05, 0.1) is 5.92 Å². The standard InChI is InChI=1S/C10H16N2O3/c1-7(2)4-11(3)10(15)12-5-8(6-12)9(13)14/h8H,1,4-6H2,2-3H3,(H,13,14). The molecule has 5 heteroatoms. The summed E-state index contributed by atoms with van der Waals surface area (Å²) in [5.74, 6) is -1.23. The van der Waals surface area contributed by atoms with Gasteiger partial charge in [0.25, 0.3) is 0 Å². The van der Waals surface area contributed by atoms with E-state index in [2.05, 4.69) is 6.58 Å². The Morgan fingerprint density at radius 2 is 2.07 bits per heavy atom. The average Bonchev–Trinajstić information content (AvgIpc) is 1.98. The summed E-state index contributed by atoms with van der Waals surface area (Å²) in [6, 6.07) is -0.129. The summed E-state index contributed by atoms with van der Waals surface area (Å²) < 4.78 is 0. The molecule has 1 aliphatic heterocycles. The Kier molecular flexibility index (Phi) is 3.34. The van der Waals surface area contributed by atoms with Gasteiger partial charge in [0, 0.05) is 26.7 Å². The van der Waals surface area contributed by atoms with Gasteiger partial charge in [0.2, 0.25) is 0 Å². The highest BCUT2D eigenvalue weighted by molar-refractivity contribution is 5.79. The Balaban J connectivity index is 2.37. The number of carbonyl (C=O) groups excluding carboxylic acids is 1. The summed E-state index contributed by atoms with van der Waals surface area (Å²) in [4.78, 5) is 25.2. The van der Waals surface area contributed by atoms with Crippen LogP contribution in [0.5, 0.6) is 0 Å². The van der Waals surface area contributed by atoms with E-state index in [1.807, 2.05) is 6.92 Å². The maximum Gasteiger partial charge on any atom is 0.320 e. The van der Waals surface area contributed by atoms with Gasteiger partial charge >= 0.3 is 12.0 Å². The third-order valence-corrected chi connectivity index (χ3v) is 2.33. The molecule has 1 fully saturated rings. The van der Waals surface area contributed by atoms with Crippen molar-refractivity contribution in [2.45, 2.75) is 6.92 Å². The molecule has 1 N–H and O–H groups in total. The van der Waals surface area contributed by atoms with Crippen molar-refractivity contribution in [2.24, 2.45) is 5.92 Å². The zero-order valence-electron chi connectivity index (χ0n) is 9.06. The third kappa shape index (κ3) is 2.71. The van der Waals surface area contributed by atoms with Crippen molar-refractivity contribution in [1.82, 2.24) is 9.80 Å². The van der Waals surface area contributed by atoms with Crippen LogP contribution in [0.15, 0.2) is 12.2 Å². The molecule has 0 saturated carbocycles. The number of hydrogen-bond donors (Lipinski definition) is 1. The Morgan fingerprint density at radius 3 is 2.47 bits per heavy atom. The van der Waals surface area contributed by atoms with Crippen molar-refractivity contribution < 1.29 is 14.7 Å². The first-order valence-electron chi connectivity index (χ1n) is 4.79. The van der Waals surface area contributed by atoms with Crippen LogP contribution >= 0.6 is 0 Å². The molecule has 0 aromatic carbocycles. The molecule has 0 atom stereocenters. The van der Waals surface area contributed by atoms with Gasteiger partial charge in [-0.15, -0.1) is 0 Å². The number of carbonyl (C=O) groups is 2. The summed E-state index contributed by atoms with van der Waals surface area (Å²) in [5, 5.41) is 8.65. The summed E-state index contributed by atoms with van der Waals surface area (Å²) in [7, 11) is 1.69. The smallest absolute Gasteiger partial charge is 0.320 e. The van der Waals surface area contributed by atoms with Gasteiger partial charge in [-0.05, 0) is 6.92 Å². The monoisotopic (exact) mass is 212 g/mol. The fraction of sp³-hybridized carbons (Fsp3) is 0.600. The lowest BCUT2D eigenvalue weighted by Gasteiger charge is -2.39. The highest BCUT2D eigenvalue weighted by atomic mass is 16.4. The molecule has 1 rings (SSSR count). The zero-order valence-corrected chi connectivity index (χ0v) is 9.06. The van der Waals surface area contributed by atoms with Crippen molar-refractivity contribution in [3.8, 4) is 0 Å². The Bertz CT molecular complexity index is 295. The molecule has 0 aliphatic carbocycles. The molecule has 84 valence electrons. The van der Waals surface area contributed by atoms with Gasteiger partial charge in [-0.3, -0.25) is 4.79 Å². The van der Waals surface area contributed by atoms with E-state index in [4.69, 9.17) is 5.11 Å². The number of urea groups is 1. The van der Waals surface area contributed by atoms with Crippen LogP contribution in [0, 0.1) is 5.92 Å². The summed E-state index contributed by atoms with van der Waals surface area (Å²) in [6.45, 7) is 6.70. The molecule has 0 aromatic heterocycles. The van der Waals surface area contributed by atoms with Crippen LogP contribution in [-0.4, -0.2) is 53.6 Å². The van der Waals surface area contributed by atoms with Crippen molar-refractivity contribution in [1.29, 1.82) is 0 Å². The molecule has 0 bridgehead atoms. The molecule has 2 amide bonds. The number of likely N-dealkylation sites (N-methyl/N-ethyl adjacent to an activating group) is 1. The van der Waals surface area contributed by atoms with Gasteiger partial charge in [0.15, 0.2) is 0 Å². The molecule has 1 heterocycles. The lowest BCUT2D eigenvalue weighted by molar-refractivity contribution is -0.146. The molecular weight excluding hydrogens is 196 g/mol. The average molecular weight is 212 g/mol. The maximum absolute atomic E-state index is 11.6. The Morgan fingerprint density at radius 1 is 1.53 bits per heavy atom. The summed E-state index contributed by atoms with van der Waals surface area (Å²) >= 11 is 0. The minimum atomic E-state index is -0.832. The minimum Gasteiger partial charge on any atom is -0.481 e. The molecule has 0 aromatic rings. The second-order valence-electron chi connectivity index (χ2n) is 4.04.